The molecule has 0 aromatic heterocycles. The van der Waals surface area contributed by atoms with Crippen molar-refractivity contribution in [3.8, 4) is 0 Å². The Kier molecular flexibility index (Phi) is 4.54. The maximum atomic E-state index is 6.42. The summed E-state index contributed by atoms with van der Waals surface area (Å²) in [6.45, 7) is 0.535. The molecule has 0 radical (unpaired) electrons. The van der Waals surface area contributed by atoms with Gasteiger partial charge in [0.25, 0.3) is 0 Å². The van der Waals surface area contributed by atoms with E-state index < -0.39 is 15.2 Å². The van der Waals surface area contributed by atoms with Crippen molar-refractivity contribution in [1.82, 2.24) is 0 Å². The first-order valence-corrected chi connectivity index (χ1v) is 11.8. The second-order valence-electron chi connectivity index (χ2n) is 4.58. The molecule has 2 rings (SSSR count). The number of hydrogen-bond donors (Lipinski definition) is 2. The average Bonchev–Trinajstić information content (AvgIpc) is 2.55. The van der Waals surface area contributed by atoms with Crippen LogP contribution in [0.25, 0.3) is 0 Å². The SMILES string of the molecule is NCC1(N)CCC2CC[C]1([Pt]([Cl])[Cl])C2.O. The van der Waals surface area contributed by atoms with Crippen molar-refractivity contribution in [2.45, 2.75) is 41.4 Å². The first-order chi connectivity index (χ1) is 6.54. The Morgan fingerprint density at radius 2 is 1.87 bits per heavy atom. The molecule has 0 spiro atoms. The van der Waals surface area contributed by atoms with Crippen molar-refractivity contribution < 1.29 is 20.7 Å². The Bertz CT molecular complexity index is 244. The number of halogens is 2. The van der Waals surface area contributed by atoms with Crippen LogP contribution in [-0.2, 0) is 15.2 Å². The third kappa shape index (κ3) is 2.00. The minimum absolute atomic E-state index is 0. The van der Waals surface area contributed by atoms with Crippen LogP contribution < -0.4 is 11.5 Å². The average molecular weight is 437 g/mol. The zero-order valence-corrected chi connectivity index (χ0v) is 12.3. The molecule has 0 aliphatic heterocycles. The van der Waals surface area contributed by atoms with Gasteiger partial charge in [0.2, 0.25) is 0 Å². The summed E-state index contributed by atoms with van der Waals surface area (Å²) in [4.78, 5) is 0. The van der Waals surface area contributed by atoms with Crippen molar-refractivity contribution in [1.29, 1.82) is 0 Å². The second kappa shape index (κ2) is 4.79. The first kappa shape index (κ1) is 14.2. The third-order valence-electron chi connectivity index (χ3n) is 3.99. The predicted octanol–water partition coefficient (Wildman–Crippen LogP) is 1.50. The standard InChI is InChI=1S/C9H17N2.2ClH.H2O.Pt/c10-6-9(11)4-3-7-1-2-8(9)5-7;;;;/h7H,1-6,10-11H2;2*1H;1H2;/q;;;;+2/p-2. The molecule has 0 amide bonds. The molecule has 0 aromatic rings. The summed E-state index contributed by atoms with van der Waals surface area (Å²) in [5.74, 6) is 0.815. The normalized spacial score (nSPS) is 44.8. The molecule has 3 atom stereocenters. The maximum Gasteiger partial charge on any atom is -0.412 e. The van der Waals surface area contributed by atoms with E-state index in [1.54, 1.807) is 0 Å². The van der Waals surface area contributed by atoms with Gasteiger partial charge in [-0.3, -0.25) is 0 Å². The Labute approximate surface area is 105 Å². The van der Waals surface area contributed by atoms with Gasteiger partial charge in [0.1, 0.15) is 0 Å². The van der Waals surface area contributed by atoms with Gasteiger partial charge in [-0.2, -0.15) is 0 Å². The smallest absolute Gasteiger partial charge is 0.412 e. The van der Waals surface area contributed by atoms with Crippen LogP contribution in [0.5, 0.6) is 0 Å². The van der Waals surface area contributed by atoms with Gasteiger partial charge in [0.05, 0.1) is 0 Å². The van der Waals surface area contributed by atoms with Crippen LogP contribution in [0, 0.1) is 5.92 Å². The summed E-state index contributed by atoms with van der Waals surface area (Å²) in [7, 11) is 12.6. The third-order valence-corrected chi connectivity index (χ3v) is 11.5. The molecule has 3 unspecified atom stereocenters. The molecule has 2 bridgehead atoms. The molecule has 3 nitrogen and oxygen atoms in total. The van der Waals surface area contributed by atoms with Crippen molar-refractivity contribution in [2.24, 2.45) is 17.4 Å². The quantitative estimate of drug-likeness (QED) is 0.687. The fourth-order valence-electron chi connectivity index (χ4n) is 2.95. The van der Waals surface area contributed by atoms with Crippen molar-refractivity contribution >= 4 is 18.8 Å². The van der Waals surface area contributed by atoms with Crippen LogP contribution >= 0.6 is 18.8 Å². The van der Waals surface area contributed by atoms with Crippen LogP contribution in [0.3, 0.4) is 0 Å². The Morgan fingerprint density at radius 1 is 1.27 bits per heavy atom. The van der Waals surface area contributed by atoms with Gasteiger partial charge in [-0.15, -0.1) is 0 Å². The number of fused-ring (bicyclic) bond motifs is 2. The molecule has 2 fully saturated rings. The van der Waals surface area contributed by atoms with Crippen molar-refractivity contribution in [3.63, 3.8) is 0 Å². The van der Waals surface area contributed by atoms with E-state index in [0.29, 0.717) is 6.54 Å². The molecule has 95 valence electrons. The van der Waals surface area contributed by atoms with Crippen molar-refractivity contribution in [3.05, 3.63) is 0 Å². The summed E-state index contributed by atoms with van der Waals surface area (Å²) in [5, 5.41) is 0. The van der Waals surface area contributed by atoms with Gasteiger partial charge in [0, 0.05) is 0 Å². The topological polar surface area (TPSA) is 83.5 Å². The van der Waals surface area contributed by atoms with E-state index >= 15 is 0 Å². The van der Waals surface area contributed by atoms with E-state index in [9.17, 15) is 0 Å². The van der Waals surface area contributed by atoms with E-state index in [1.807, 2.05) is 0 Å². The Balaban J connectivity index is 0.00000112. The molecule has 2 saturated carbocycles. The molecule has 15 heavy (non-hydrogen) atoms. The fraction of sp³-hybridized carbons (Fsp3) is 1.00. The van der Waals surface area contributed by atoms with E-state index in [-0.39, 0.29) is 14.8 Å². The zero-order valence-electron chi connectivity index (χ0n) is 8.55. The summed E-state index contributed by atoms with van der Waals surface area (Å²) in [5.41, 5.74) is 12.0. The van der Waals surface area contributed by atoms with Gasteiger partial charge in [0.15, 0.2) is 0 Å². The Morgan fingerprint density at radius 3 is 2.40 bits per heavy atom. The van der Waals surface area contributed by atoms with E-state index in [4.69, 9.17) is 30.3 Å². The largest absolute Gasteiger partial charge is 0.412 e. The minimum atomic E-state index is -1.93. The monoisotopic (exact) mass is 436 g/mol. The summed E-state index contributed by atoms with van der Waals surface area (Å²) < 4.78 is 0.0401. The molecular weight excluding hydrogens is 418 g/mol. The molecule has 6 heteroatoms. The van der Waals surface area contributed by atoms with Crippen molar-refractivity contribution in [2.75, 3.05) is 6.54 Å². The minimum Gasteiger partial charge on any atom is -0.412 e. The van der Waals surface area contributed by atoms with Gasteiger partial charge in [-0.25, -0.2) is 0 Å². The van der Waals surface area contributed by atoms with Crippen LogP contribution in [0.2, 0.25) is 3.80 Å². The van der Waals surface area contributed by atoms with Gasteiger partial charge >= 0.3 is 99.4 Å². The number of rotatable bonds is 2. The second-order valence-corrected chi connectivity index (χ2v) is 12.9. The number of nitrogens with two attached hydrogens (primary N) is 2. The molecule has 0 saturated heterocycles. The number of hydrogen-bond acceptors (Lipinski definition) is 2. The summed E-state index contributed by atoms with van der Waals surface area (Å²) in [6, 6.07) is 0. The zero-order chi connectivity index (χ0) is 10.4. The molecule has 0 heterocycles. The first-order valence-electron chi connectivity index (χ1n) is 4.98. The fourth-order valence-corrected chi connectivity index (χ4v) is 9.81. The van der Waals surface area contributed by atoms with E-state index in [0.717, 1.165) is 25.2 Å². The molecule has 2 aliphatic rings. The van der Waals surface area contributed by atoms with E-state index in [1.165, 1.54) is 12.8 Å². The molecule has 6 N–H and O–H groups in total. The van der Waals surface area contributed by atoms with Gasteiger partial charge < -0.3 is 5.48 Å². The molecule has 0 aromatic carbocycles. The predicted molar refractivity (Wildman–Crippen MR) is 60.6 cm³/mol. The van der Waals surface area contributed by atoms with Crippen LogP contribution in [0.4, 0.5) is 0 Å². The summed E-state index contributed by atoms with van der Waals surface area (Å²) >= 11 is -1.93. The van der Waals surface area contributed by atoms with Crippen LogP contribution in [-0.4, -0.2) is 17.6 Å². The molecule has 2 aliphatic carbocycles. The van der Waals surface area contributed by atoms with Crippen LogP contribution in [0.1, 0.15) is 32.1 Å². The summed E-state index contributed by atoms with van der Waals surface area (Å²) in [6.07, 6.45) is 5.74. The maximum absolute atomic E-state index is 6.42. The molecular formula is C9H19Cl2N2OPt. The van der Waals surface area contributed by atoms with Crippen LogP contribution in [0.15, 0.2) is 0 Å². The van der Waals surface area contributed by atoms with Gasteiger partial charge in [-0.1, -0.05) is 0 Å². The van der Waals surface area contributed by atoms with Gasteiger partial charge in [-0.05, 0) is 0 Å². The Hall–Kier alpha value is 1.15. The van der Waals surface area contributed by atoms with E-state index in [2.05, 4.69) is 0 Å².